The predicted molar refractivity (Wildman–Crippen MR) is 126 cm³/mol. The van der Waals surface area contributed by atoms with E-state index in [4.69, 9.17) is 9.47 Å². The highest BCUT2D eigenvalue weighted by Crippen LogP contribution is 2.41. The van der Waals surface area contributed by atoms with E-state index in [9.17, 15) is 14.8 Å². The van der Waals surface area contributed by atoms with Crippen LogP contribution in [-0.2, 0) is 9.53 Å². The molecular formula is C24H35N3O5S. The van der Waals surface area contributed by atoms with E-state index in [1.54, 1.807) is 19.1 Å². The lowest BCUT2D eigenvalue weighted by molar-refractivity contribution is -0.134. The standard InChI is InChI=1S/C24H35N3O5S/c1-31-21-4-2-20(3-5-21)22(28)26-12-6-18(7-13-26)19-8-14-27(15-9-19)33-24(23(29)25-30)10-16-32-17-11-24/h2-5,18-19,30H,6-17H2,1H3,(H,25,29). The Balaban J connectivity index is 1.24. The first-order chi connectivity index (χ1) is 16.0. The van der Waals surface area contributed by atoms with Gasteiger partial charge in [-0.3, -0.25) is 14.8 Å². The number of methoxy groups -OCH3 is 1. The van der Waals surface area contributed by atoms with Crippen LogP contribution in [0.15, 0.2) is 24.3 Å². The van der Waals surface area contributed by atoms with Gasteiger partial charge in [-0.1, -0.05) is 11.9 Å². The first kappa shape index (κ1) is 24.3. The maximum Gasteiger partial charge on any atom is 0.261 e. The van der Waals surface area contributed by atoms with Crippen molar-refractivity contribution in [3.63, 3.8) is 0 Å². The van der Waals surface area contributed by atoms with E-state index >= 15 is 0 Å². The van der Waals surface area contributed by atoms with Gasteiger partial charge in [0.25, 0.3) is 11.8 Å². The van der Waals surface area contributed by atoms with Crippen molar-refractivity contribution in [3.8, 4) is 5.75 Å². The van der Waals surface area contributed by atoms with Gasteiger partial charge in [0, 0.05) is 45.0 Å². The van der Waals surface area contributed by atoms with Crippen molar-refractivity contribution < 1.29 is 24.3 Å². The molecule has 3 heterocycles. The molecule has 3 saturated heterocycles. The molecule has 0 saturated carbocycles. The number of hydrogen-bond acceptors (Lipinski definition) is 7. The van der Waals surface area contributed by atoms with Gasteiger partial charge < -0.3 is 14.4 Å². The summed E-state index contributed by atoms with van der Waals surface area (Å²) in [5.41, 5.74) is 2.59. The van der Waals surface area contributed by atoms with Crippen molar-refractivity contribution in [2.24, 2.45) is 11.8 Å². The quantitative estimate of drug-likeness (QED) is 0.370. The second kappa shape index (κ2) is 11.1. The van der Waals surface area contributed by atoms with Crippen molar-refractivity contribution in [1.82, 2.24) is 14.7 Å². The van der Waals surface area contributed by atoms with Gasteiger partial charge in [0.05, 0.1) is 7.11 Å². The minimum Gasteiger partial charge on any atom is -0.497 e. The number of nitrogens with one attached hydrogen (secondary N) is 1. The molecular weight excluding hydrogens is 442 g/mol. The number of ether oxygens (including phenoxy) is 2. The van der Waals surface area contributed by atoms with E-state index in [1.165, 1.54) is 0 Å². The van der Waals surface area contributed by atoms with Gasteiger partial charge in [0.15, 0.2) is 0 Å². The van der Waals surface area contributed by atoms with Crippen molar-refractivity contribution in [3.05, 3.63) is 29.8 Å². The van der Waals surface area contributed by atoms with Gasteiger partial charge in [-0.25, -0.2) is 9.79 Å². The molecule has 182 valence electrons. The monoisotopic (exact) mass is 477 g/mol. The molecule has 3 aliphatic rings. The summed E-state index contributed by atoms with van der Waals surface area (Å²) in [7, 11) is 1.62. The third kappa shape index (κ3) is 5.65. The van der Waals surface area contributed by atoms with Gasteiger partial charge >= 0.3 is 0 Å². The highest BCUT2D eigenvalue weighted by atomic mass is 32.2. The fraction of sp³-hybridized carbons (Fsp3) is 0.667. The van der Waals surface area contributed by atoms with Gasteiger partial charge in [-0.05, 0) is 74.6 Å². The zero-order chi connectivity index (χ0) is 23.3. The summed E-state index contributed by atoms with van der Waals surface area (Å²) in [6.07, 6.45) is 5.55. The van der Waals surface area contributed by atoms with E-state index in [0.29, 0.717) is 43.5 Å². The topological polar surface area (TPSA) is 91.3 Å². The molecule has 3 aliphatic heterocycles. The Morgan fingerprint density at radius 2 is 1.61 bits per heavy atom. The Morgan fingerprint density at radius 3 is 2.15 bits per heavy atom. The van der Waals surface area contributed by atoms with Crippen LogP contribution < -0.4 is 10.2 Å². The average molecular weight is 478 g/mol. The number of rotatable bonds is 6. The van der Waals surface area contributed by atoms with E-state index in [-0.39, 0.29) is 11.8 Å². The summed E-state index contributed by atoms with van der Waals surface area (Å²) in [4.78, 5) is 27.2. The third-order valence-corrected chi connectivity index (χ3v) is 9.02. The molecule has 2 amide bonds. The van der Waals surface area contributed by atoms with Crippen molar-refractivity contribution >= 4 is 23.8 Å². The summed E-state index contributed by atoms with van der Waals surface area (Å²) < 4.78 is 12.3. The smallest absolute Gasteiger partial charge is 0.261 e. The molecule has 0 radical (unpaired) electrons. The fourth-order valence-corrected chi connectivity index (χ4v) is 6.70. The number of carbonyl (C=O) groups is 2. The molecule has 0 unspecified atom stereocenters. The Labute approximate surface area is 200 Å². The lowest BCUT2D eigenvalue weighted by Gasteiger charge is -2.43. The number of piperidine rings is 2. The van der Waals surface area contributed by atoms with Gasteiger partial charge in [-0.15, -0.1) is 0 Å². The van der Waals surface area contributed by atoms with Crippen LogP contribution in [0.5, 0.6) is 5.75 Å². The highest BCUT2D eigenvalue weighted by Gasteiger charge is 2.43. The maximum atomic E-state index is 12.8. The number of amides is 2. The number of benzene rings is 1. The zero-order valence-corrected chi connectivity index (χ0v) is 20.1. The van der Waals surface area contributed by atoms with Crippen molar-refractivity contribution in [1.29, 1.82) is 0 Å². The number of nitrogens with zero attached hydrogens (tertiary/aromatic N) is 2. The van der Waals surface area contributed by atoms with Gasteiger partial charge in [0.1, 0.15) is 10.5 Å². The van der Waals surface area contributed by atoms with Crippen LogP contribution >= 0.6 is 11.9 Å². The molecule has 8 nitrogen and oxygen atoms in total. The number of carbonyl (C=O) groups excluding carboxylic acids is 2. The molecule has 9 heteroatoms. The molecule has 3 fully saturated rings. The van der Waals surface area contributed by atoms with Gasteiger partial charge in [-0.2, -0.15) is 0 Å². The lowest BCUT2D eigenvalue weighted by Crippen LogP contribution is -2.50. The Morgan fingerprint density at radius 1 is 1.03 bits per heavy atom. The normalized spacial score (nSPS) is 22.7. The number of hydrogen-bond donors (Lipinski definition) is 2. The second-order valence-electron chi connectivity index (χ2n) is 9.26. The summed E-state index contributed by atoms with van der Waals surface area (Å²) in [5, 5.41) is 9.24. The van der Waals surface area contributed by atoms with Crippen molar-refractivity contribution in [2.75, 3.05) is 46.5 Å². The molecule has 0 aromatic heterocycles. The third-order valence-electron chi connectivity index (χ3n) is 7.45. The van der Waals surface area contributed by atoms with Gasteiger partial charge in [0.2, 0.25) is 0 Å². The van der Waals surface area contributed by atoms with E-state index in [0.717, 1.165) is 57.6 Å². The second-order valence-corrected chi connectivity index (χ2v) is 10.7. The molecule has 0 bridgehead atoms. The van der Waals surface area contributed by atoms with E-state index in [2.05, 4.69) is 4.31 Å². The Kier molecular flexibility index (Phi) is 8.16. The van der Waals surface area contributed by atoms with Crippen LogP contribution in [0.1, 0.15) is 48.9 Å². The van der Waals surface area contributed by atoms with Crippen LogP contribution in [-0.4, -0.2) is 77.5 Å². The highest BCUT2D eigenvalue weighted by molar-refractivity contribution is 7.99. The maximum absolute atomic E-state index is 12.8. The molecule has 4 rings (SSSR count). The van der Waals surface area contributed by atoms with E-state index in [1.807, 2.05) is 34.6 Å². The number of likely N-dealkylation sites (tertiary alicyclic amines) is 1. The number of hydroxylamine groups is 1. The minimum absolute atomic E-state index is 0.103. The molecule has 33 heavy (non-hydrogen) atoms. The Bertz CT molecular complexity index is 799. The fourth-order valence-electron chi connectivity index (χ4n) is 5.34. The molecule has 0 spiro atoms. The largest absolute Gasteiger partial charge is 0.497 e. The molecule has 2 N–H and O–H groups in total. The summed E-state index contributed by atoms with van der Waals surface area (Å²) in [6.45, 7) is 4.60. The molecule has 0 atom stereocenters. The first-order valence-electron chi connectivity index (χ1n) is 11.9. The summed E-state index contributed by atoms with van der Waals surface area (Å²) in [6, 6.07) is 7.34. The molecule has 0 aliphatic carbocycles. The summed E-state index contributed by atoms with van der Waals surface area (Å²) in [5.74, 6) is 1.86. The van der Waals surface area contributed by atoms with Crippen molar-refractivity contribution in [2.45, 2.75) is 43.3 Å². The lowest BCUT2D eigenvalue weighted by atomic mass is 9.79. The van der Waals surface area contributed by atoms with Crippen LogP contribution in [0.4, 0.5) is 0 Å². The Hall–Kier alpha value is -1.81. The van der Waals surface area contributed by atoms with Crippen LogP contribution in [0.25, 0.3) is 0 Å². The predicted octanol–water partition coefficient (Wildman–Crippen LogP) is 2.96. The first-order valence-corrected chi connectivity index (χ1v) is 12.7. The average Bonchev–Trinajstić information content (AvgIpc) is 2.89. The van der Waals surface area contributed by atoms with Crippen LogP contribution in [0, 0.1) is 11.8 Å². The van der Waals surface area contributed by atoms with Crippen LogP contribution in [0.2, 0.25) is 0 Å². The summed E-state index contributed by atoms with van der Waals surface area (Å²) >= 11 is 1.59. The van der Waals surface area contributed by atoms with E-state index < -0.39 is 4.75 Å². The zero-order valence-electron chi connectivity index (χ0n) is 19.3. The molecule has 1 aromatic carbocycles. The minimum atomic E-state index is -0.632. The van der Waals surface area contributed by atoms with Crippen LogP contribution in [0.3, 0.4) is 0 Å². The SMILES string of the molecule is COc1ccc(C(=O)N2CCC(C3CCN(SC4(C(=O)NO)CCOCC4)CC3)CC2)cc1. The molecule has 1 aromatic rings.